The lowest BCUT2D eigenvalue weighted by molar-refractivity contribution is -0.135. The number of ether oxygens (including phenoxy) is 1. The highest BCUT2D eigenvalue weighted by atomic mass is 16.5. The molecule has 0 saturated carbocycles. The van der Waals surface area contributed by atoms with Crippen molar-refractivity contribution in [3.8, 4) is 0 Å². The van der Waals surface area contributed by atoms with Gasteiger partial charge < -0.3 is 4.74 Å². The van der Waals surface area contributed by atoms with E-state index in [-0.39, 0.29) is 24.0 Å². The van der Waals surface area contributed by atoms with Gasteiger partial charge in [-0.15, -0.1) is 5.10 Å². The summed E-state index contributed by atoms with van der Waals surface area (Å²) in [7, 11) is 0. The summed E-state index contributed by atoms with van der Waals surface area (Å²) in [6.45, 7) is 3.27. The van der Waals surface area contributed by atoms with Crippen LogP contribution in [-0.4, -0.2) is 22.6 Å². The first kappa shape index (κ1) is 7.97. The Balaban J connectivity index is 2.49. The van der Waals surface area contributed by atoms with Gasteiger partial charge >= 0.3 is 0 Å². The predicted octanol–water partition coefficient (Wildman–Crippen LogP) is 0.383. The van der Waals surface area contributed by atoms with Gasteiger partial charge in [0.05, 0.1) is 12.0 Å². The molecule has 0 unspecified atom stereocenters. The zero-order chi connectivity index (χ0) is 9.59. The smallest absolute Gasteiger partial charge is 0.257 e. The average Bonchev–Trinajstić information content (AvgIpc) is 2.44. The van der Waals surface area contributed by atoms with Gasteiger partial charge in [0.2, 0.25) is 11.8 Å². The van der Waals surface area contributed by atoms with Crippen LogP contribution >= 0.6 is 0 Å². The first-order chi connectivity index (χ1) is 6.09. The number of carbonyl (C=O) groups is 2. The molecule has 13 heavy (non-hydrogen) atoms. The zero-order valence-electron chi connectivity index (χ0n) is 7.33. The van der Waals surface area contributed by atoms with Crippen molar-refractivity contribution >= 4 is 17.6 Å². The molecule has 2 aliphatic heterocycles. The zero-order valence-corrected chi connectivity index (χ0v) is 7.33. The second-order valence-corrected chi connectivity index (χ2v) is 2.96. The molecule has 1 amide bonds. The Morgan fingerprint density at radius 2 is 2.08 bits per heavy atom. The van der Waals surface area contributed by atoms with E-state index in [0.29, 0.717) is 11.5 Å². The van der Waals surface area contributed by atoms with Gasteiger partial charge in [0.1, 0.15) is 0 Å². The maximum Gasteiger partial charge on any atom is 0.257 e. The Morgan fingerprint density at radius 3 is 2.77 bits per heavy atom. The van der Waals surface area contributed by atoms with Crippen molar-refractivity contribution in [1.29, 1.82) is 0 Å². The fraction of sp³-hybridized carbons (Fsp3) is 0.375. The number of amides is 1. The van der Waals surface area contributed by atoms with Crippen molar-refractivity contribution in [2.45, 2.75) is 20.3 Å². The van der Waals surface area contributed by atoms with E-state index in [9.17, 15) is 9.59 Å². The Hall–Kier alpha value is -1.65. The third kappa shape index (κ3) is 1.04. The lowest BCUT2D eigenvalue weighted by Crippen LogP contribution is -2.31. The van der Waals surface area contributed by atoms with Crippen LogP contribution in [0.1, 0.15) is 20.3 Å². The lowest BCUT2D eigenvalue weighted by atomic mass is 10.1. The van der Waals surface area contributed by atoms with Crippen molar-refractivity contribution in [3.05, 3.63) is 11.5 Å². The van der Waals surface area contributed by atoms with Crippen LogP contribution in [0, 0.1) is 0 Å². The molecule has 0 radical (unpaired) electrons. The van der Waals surface area contributed by atoms with Gasteiger partial charge in [0, 0.05) is 6.92 Å². The van der Waals surface area contributed by atoms with Crippen molar-refractivity contribution in [2.24, 2.45) is 5.10 Å². The molecule has 2 aliphatic rings. The third-order valence-corrected chi connectivity index (χ3v) is 1.96. The molecule has 0 atom stereocenters. The highest BCUT2D eigenvalue weighted by Gasteiger charge is 2.35. The number of fused-ring (bicyclic) bond motifs is 1. The third-order valence-electron chi connectivity index (χ3n) is 1.96. The summed E-state index contributed by atoms with van der Waals surface area (Å²) >= 11 is 0. The average molecular weight is 180 g/mol. The van der Waals surface area contributed by atoms with Crippen LogP contribution in [0.2, 0.25) is 0 Å². The Labute approximate surface area is 74.7 Å². The summed E-state index contributed by atoms with van der Waals surface area (Å²) in [5, 5.41) is 4.99. The topological polar surface area (TPSA) is 59.0 Å². The van der Waals surface area contributed by atoms with Crippen molar-refractivity contribution < 1.29 is 14.3 Å². The number of hydrogen-bond donors (Lipinski definition) is 0. The van der Waals surface area contributed by atoms with E-state index in [1.54, 1.807) is 13.8 Å². The molecule has 0 bridgehead atoms. The van der Waals surface area contributed by atoms with Crippen LogP contribution in [0.3, 0.4) is 0 Å². The largest absolute Gasteiger partial charge is 0.423 e. The number of ketones is 1. The van der Waals surface area contributed by atoms with Gasteiger partial charge in [-0.2, -0.15) is 5.01 Å². The quantitative estimate of drug-likeness (QED) is 0.506. The number of rotatable bonds is 0. The normalized spacial score (nSPS) is 21.7. The van der Waals surface area contributed by atoms with Crippen LogP contribution in [-0.2, 0) is 14.3 Å². The van der Waals surface area contributed by atoms with Crippen LogP contribution in [0.5, 0.6) is 0 Å². The summed E-state index contributed by atoms with van der Waals surface area (Å²) in [5.74, 6) is 0.125. The highest BCUT2D eigenvalue weighted by molar-refractivity contribution is 6.10. The molecule has 5 heteroatoms. The van der Waals surface area contributed by atoms with Crippen molar-refractivity contribution in [3.63, 3.8) is 0 Å². The second kappa shape index (κ2) is 2.42. The molecule has 0 aromatic rings. The number of carbonyl (C=O) groups excluding carboxylic acids is 2. The monoisotopic (exact) mass is 180 g/mol. The lowest BCUT2D eigenvalue weighted by Gasteiger charge is -2.18. The molecule has 0 saturated heterocycles. The molecule has 68 valence electrons. The Kier molecular flexibility index (Phi) is 1.48. The standard InChI is InChI=1S/C8H8N2O3/c1-4-6(11)3-7(12)10-8(4)13-5(2)9-10/h3H2,1-2H3. The van der Waals surface area contributed by atoms with Crippen LogP contribution in [0.15, 0.2) is 16.6 Å². The first-order valence-electron chi connectivity index (χ1n) is 3.89. The molecule has 2 rings (SSSR count). The fourth-order valence-corrected chi connectivity index (χ4v) is 1.26. The predicted molar refractivity (Wildman–Crippen MR) is 43.4 cm³/mol. The minimum atomic E-state index is -0.331. The summed E-state index contributed by atoms with van der Waals surface area (Å²) in [5.41, 5.74) is 0.459. The highest BCUT2D eigenvalue weighted by Crippen LogP contribution is 2.26. The van der Waals surface area contributed by atoms with E-state index >= 15 is 0 Å². The first-order valence-corrected chi connectivity index (χ1v) is 3.89. The van der Waals surface area contributed by atoms with Gasteiger partial charge in [-0.05, 0) is 6.92 Å². The molecule has 0 spiro atoms. The molecule has 0 aliphatic carbocycles. The number of hydrogen-bond acceptors (Lipinski definition) is 4. The van der Waals surface area contributed by atoms with E-state index in [0.717, 1.165) is 5.01 Å². The van der Waals surface area contributed by atoms with E-state index in [2.05, 4.69) is 5.10 Å². The van der Waals surface area contributed by atoms with Crippen LogP contribution in [0.4, 0.5) is 0 Å². The van der Waals surface area contributed by atoms with Gasteiger partial charge in [0.15, 0.2) is 5.78 Å². The summed E-state index contributed by atoms with van der Waals surface area (Å²) < 4.78 is 5.13. The Morgan fingerprint density at radius 1 is 1.38 bits per heavy atom. The van der Waals surface area contributed by atoms with Gasteiger partial charge in [-0.3, -0.25) is 9.59 Å². The minimum absolute atomic E-state index is 0.116. The Bertz CT molecular complexity index is 368. The molecule has 0 fully saturated rings. The summed E-state index contributed by atoms with van der Waals surface area (Å²) in [4.78, 5) is 22.5. The molecule has 0 aromatic heterocycles. The fourth-order valence-electron chi connectivity index (χ4n) is 1.26. The van der Waals surface area contributed by atoms with E-state index in [1.165, 1.54) is 0 Å². The molecule has 0 N–H and O–H groups in total. The van der Waals surface area contributed by atoms with E-state index < -0.39 is 0 Å². The molecule has 5 nitrogen and oxygen atoms in total. The van der Waals surface area contributed by atoms with Crippen molar-refractivity contribution in [1.82, 2.24) is 5.01 Å². The SMILES string of the molecule is CC1=NN2C(=O)CC(=O)C(C)=C2O1. The summed E-state index contributed by atoms with van der Waals surface area (Å²) in [6.07, 6.45) is -0.116. The van der Waals surface area contributed by atoms with Gasteiger partial charge in [0.25, 0.3) is 5.91 Å². The maximum atomic E-state index is 11.3. The number of hydrazone groups is 1. The number of allylic oxidation sites excluding steroid dienone is 1. The molecule has 0 aromatic carbocycles. The second-order valence-electron chi connectivity index (χ2n) is 2.96. The number of nitrogens with zero attached hydrogens (tertiary/aromatic N) is 2. The molecule has 2 heterocycles. The van der Waals surface area contributed by atoms with Gasteiger partial charge in [-0.1, -0.05) is 0 Å². The van der Waals surface area contributed by atoms with Crippen molar-refractivity contribution in [2.75, 3.05) is 0 Å². The number of Topliss-reactive ketones (excluding diaryl/α,β-unsaturated/α-hetero) is 1. The summed E-state index contributed by atoms with van der Waals surface area (Å²) in [6, 6.07) is 0. The van der Waals surface area contributed by atoms with E-state index in [4.69, 9.17) is 4.74 Å². The maximum absolute atomic E-state index is 11.3. The van der Waals surface area contributed by atoms with Gasteiger partial charge in [-0.25, -0.2) is 0 Å². The van der Waals surface area contributed by atoms with Crippen LogP contribution < -0.4 is 0 Å². The van der Waals surface area contributed by atoms with Crippen LogP contribution in [0.25, 0.3) is 0 Å². The van der Waals surface area contributed by atoms with E-state index in [1.807, 2.05) is 0 Å². The molecular formula is C8H8N2O3. The minimum Gasteiger partial charge on any atom is -0.423 e. The molecular weight excluding hydrogens is 172 g/mol.